The molecular weight excluding hydrogens is 278 g/mol. The topological polar surface area (TPSA) is 12.0 Å². The predicted molar refractivity (Wildman–Crippen MR) is 87.2 cm³/mol. The van der Waals surface area contributed by atoms with Gasteiger partial charge in [-0.25, -0.2) is 0 Å². The van der Waals surface area contributed by atoms with Crippen molar-refractivity contribution in [3.05, 3.63) is 17.0 Å². The maximum Gasteiger partial charge on any atom is 0.0649 e. The molecule has 2 heterocycles. The smallest absolute Gasteiger partial charge is 0.0649 e. The fraction of sp³-hybridized carbons (Fsp3) is 0.714. The Morgan fingerprint density at radius 1 is 1.56 bits per heavy atom. The van der Waals surface area contributed by atoms with Gasteiger partial charge in [-0.2, -0.15) is 11.8 Å². The zero-order valence-electron chi connectivity index (χ0n) is 11.4. The van der Waals surface area contributed by atoms with Crippen molar-refractivity contribution in [1.82, 2.24) is 5.32 Å². The van der Waals surface area contributed by atoms with Gasteiger partial charge < -0.3 is 5.32 Å². The number of rotatable bonds is 6. The zero-order chi connectivity index (χ0) is 13.0. The van der Waals surface area contributed by atoms with Crippen LogP contribution in [0.5, 0.6) is 0 Å². The zero-order valence-corrected chi connectivity index (χ0v) is 13.9. The van der Waals surface area contributed by atoms with Crippen molar-refractivity contribution in [3.63, 3.8) is 0 Å². The normalized spacial score (nSPS) is 24.8. The fourth-order valence-electron chi connectivity index (χ4n) is 2.34. The standard InChI is InChI=1S/C14H23NS3/c1-4-16-7-5-10(2)15-13-9-11(3)18-14-12(13)6-8-17-14/h6,8,10-11,13,15H,4-5,7,9H2,1-3H3/t10?,11-,13?/m0/s1. The van der Waals surface area contributed by atoms with E-state index in [0.29, 0.717) is 12.1 Å². The minimum Gasteiger partial charge on any atom is -0.307 e. The van der Waals surface area contributed by atoms with Crippen LogP contribution in [0.2, 0.25) is 0 Å². The minimum absolute atomic E-state index is 0.573. The fourth-order valence-corrected chi connectivity index (χ4v) is 5.71. The molecule has 1 aromatic rings. The molecule has 2 unspecified atom stereocenters. The summed E-state index contributed by atoms with van der Waals surface area (Å²) >= 11 is 5.99. The molecule has 4 heteroatoms. The number of nitrogens with one attached hydrogen (secondary N) is 1. The molecule has 3 atom stereocenters. The van der Waals surface area contributed by atoms with Gasteiger partial charge in [0.05, 0.1) is 4.21 Å². The number of hydrogen-bond donors (Lipinski definition) is 1. The Hall–Kier alpha value is 0.360. The first kappa shape index (κ1) is 14.8. The predicted octanol–water partition coefficient (Wildman–Crippen LogP) is 4.79. The van der Waals surface area contributed by atoms with Crippen molar-refractivity contribution in [2.45, 2.75) is 55.2 Å². The van der Waals surface area contributed by atoms with Gasteiger partial charge in [-0.15, -0.1) is 23.1 Å². The Morgan fingerprint density at radius 3 is 3.17 bits per heavy atom. The summed E-state index contributed by atoms with van der Waals surface area (Å²) in [5.41, 5.74) is 1.54. The van der Waals surface area contributed by atoms with Gasteiger partial charge in [0.2, 0.25) is 0 Å². The molecule has 18 heavy (non-hydrogen) atoms. The van der Waals surface area contributed by atoms with Gasteiger partial charge in [0.25, 0.3) is 0 Å². The van der Waals surface area contributed by atoms with Gasteiger partial charge in [0.1, 0.15) is 0 Å². The van der Waals surface area contributed by atoms with Gasteiger partial charge >= 0.3 is 0 Å². The summed E-state index contributed by atoms with van der Waals surface area (Å²) in [7, 11) is 0. The molecule has 2 rings (SSSR count). The van der Waals surface area contributed by atoms with Crippen LogP contribution in [0.1, 0.15) is 45.2 Å². The van der Waals surface area contributed by atoms with Crippen LogP contribution in [-0.2, 0) is 0 Å². The Bertz CT molecular complexity index is 364. The maximum absolute atomic E-state index is 3.83. The number of thiophene rings is 1. The molecule has 1 aliphatic rings. The molecule has 0 aliphatic carbocycles. The molecule has 0 saturated carbocycles. The largest absolute Gasteiger partial charge is 0.307 e. The number of fused-ring (bicyclic) bond motifs is 1. The molecule has 1 N–H and O–H groups in total. The molecule has 0 spiro atoms. The molecule has 102 valence electrons. The van der Waals surface area contributed by atoms with Gasteiger partial charge in [-0.05, 0) is 48.3 Å². The lowest BCUT2D eigenvalue weighted by Crippen LogP contribution is -2.33. The third kappa shape index (κ3) is 3.92. The summed E-state index contributed by atoms with van der Waals surface area (Å²) in [5, 5.41) is 6.81. The number of hydrogen-bond acceptors (Lipinski definition) is 4. The summed E-state index contributed by atoms with van der Waals surface area (Å²) in [5.74, 6) is 2.51. The second-order valence-electron chi connectivity index (χ2n) is 4.93. The van der Waals surface area contributed by atoms with E-state index in [1.54, 1.807) is 0 Å². The molecule has 1 aromatic heterocycles. The van der Waals surface area contributed by atoms with E-state index in [1.807, 2.05) is 34.9 Å². The van der Waals surface area contributed by atoms with E-state index < -0.39 is 0 Å². The average Bonchev–Trinajstić information content (AvgIpc) is 2.77. The van der Waals surface area contributed by atoms with Crippen molar-refractivity contribution < 1.29 is 0 Å². The molecule has 0 aromatic carbocycles. The minimum atomic E-state index is 0.573. The van der Waals surface area contributed by atoms with Crippen LogP contribution in [0, 0.1) is 0 Å². The molecular formula is C14H23NS3. The molecule has 1 aliphatic heterocycles. The molecule has 1 nitrogen and oxygen atoms in total. The lowest BCUT2D eigenvalue weighted by molar-refractivity contribution is 0.421. The Kier molecular flexibility index (Phi) is 5.93. The summed E-state index contributed by atoms with van der Waals surface area (Å²) in [6.07, 6.45) is 2.54. The quantitative estimate of drug-likeness (QED) is 0.758. The Morgan fingerprint density at radius 2 is 2.39 bits per heavy atom. The highest BCUT2D eigenvalue weighted by molar-refractivity contribution is 8.01. The van der Waals surface area contributed by atoms with E-state index in [9.17, 15) is 0 Å². The van der Waals surface area contributed by atoms with Crippen molar-refractivity contribution in [3.8, 4) is 0 Å². The van der Waals surface area contributed by atoms with E-state index in [4.69, 9.17) is 0 Å². The molecule has 0 fully saturated rings. The van der Waals surface area contributed by atoms with Crippen LogP contribution in [0.3, 0.4) is 0 Å². The van der Waals surface area contributed by atoms with Crippen LogP contribution in [0.4, 0.5) is 0 Å². The second-order valence-corrected chi connectivity index (χ2v) is 8.95. The van der Waals surface area contributed by atoms with Crippen LogP contribution in [-0.4, -0.2) is 22.8 Å². The summed E-state index contributed by atoms with van der Waals surface area (Å²) in [4.78, 5) is 0. The summed E-state index contributed by atoms with van der Waals surface area (Å²) < 4.78 is 1.53. The maximum atomic E-state index is 3.83. The summed E-state index contributed by atoms with van der Waals surface area (Å²) in [6.45, 7) is 6.91. The van der Waals surface area contributed by atoms with Crippen molar-refractivity contribution in [2.24, 2.45) is 0 Å². The average molecular weight is 302 g/mol. The van der Waals surface area contributed by atoms with E-state index in [2.05, 4.69) is 37.5 Å². The third-order valence-corrected chi connectivity index (χ3v) is 6.57. The Labute approximate surface area is 124 Å². The van der Waals surface area contributed by atoms with Gasteiger partial charge in [-0.1, -0.05) is 13.8 Å². The van der Waals surface area contributed by atoms with E-state index >= 15 is 0 Å². The van der Waals surface area contributed by atoms with Crippen LogP contribution >= 0.6 is 34.9 Å². The first-order valence-electron chi connectivity index (χ1n) is 6.78. The summed E-state index contributed by atoms with van der Waals surface area (Å²) in [6, 6.07) is 3.51. The highest BCUT2D eigenvalue weighted by Crippen LogP contribution is 2.43. The van der Waals surface area contributed by atoms with Gasteiger partial charge in [-0.3, -0.25) is 0 Å². The molecule has 0 bridgehead atoms. The third-order valence-electron chi connectivity index (χ3n) is 3.29. The van der Waals surface area contributed by atoms with Crippen molar-refractivity contribution in [2.75, 3.05) is 11.5 Å². The van der Waals surface area contributed by atoms with Crippen LogP contribution in [0.25, 0.3) is 0 Å². The van der Waals surface area contributed by atoms with Crippen LogP contribution < -0.4 is 5.32 Å². The lowest BCUT2D eigenvalue weighted by atomic mass is 10.0. The lowest BCUT2D eigenvalue weighted by Gasteiger charge is -2.30. The van der Waals surface area contributed by atoms with Crippen LogP contribution in [0.15, 0.2) is 15.7 Å². The van der Waals surface area contributed by atoms with Gasteiger partial charge in [0.15, 0.2) is 0 Å². The molecule has 0 saturated heterocycles. The first-order valence-corrected chi connectivity index (χ1v) is 9.70. The number of thioether (sulfide) groups is 2. The highest BCUT2D eigenvalue weighted by Gasteiger charge is 2.26. The van der Waals surface area contributed by atoms with E-state index in [-0.39, 0.29) is 0 Å². The first-order chi connectivity index (χ1) is 8.70. The molecule has 0 radical (unpaired) electrons. The van der Waals surface area contributed by atoms with Crippen molar-refractivity contribution >= 4 is 34.9 Å². The highest BCUT2D eigenvalue weighted by atomic mass is 32.2. The van der Waals surface area contributed by atoms with Gasteiger partial charge in [0, 0.05) is 17.3 Å². The van der Waals surface area contributed by atoms with Crippen molar-refractivity contribution in [1.29, 1.82) is 0 Å². The van der Waals surface area contributed by atoms with E-state index in [0.717, 1.165) is 5.25 Å². The second kappa shape index (κ2) is 7.22. The van der Waals surface area contributed by atoms with E-state index in [1.165, 1.54) is 34.1 Å². The monoisotopic (exact) mass is 301 g/mol. The molecule has 0 amide bonds. The Balaban J connectivity index is 1.90. The SMILES string of the molecule is CCSCCC(C)NC1C[C@H](C)Sc2sccc21.